The molecular formula is C16H19N5O2S. The number of benzene rings is 1. The molecule has 0 bridgehead atoms. The number of rotatable bonds is 3. The second-order valence-corrected chi connectivity index (χ2v) is 6.72. The number of fused-ring (bicyclic) bond motifs is 1. The van der Waals surface area contributed by atoms with Gasteiger partial charge in [0, 0.05) is 36.0 Å². The molecule has 2 fully saturated rings. The Balaban J connectivity index is 1.56. The van der Waals surface area contributed by atoms with E-state index < -0.39 is 0 Å². The smallest absolute Gasteiger partial charge is 0.275 e. The number of amides is 1. The Morgan fingerprint density at radius 3 is 3.04 bits per heavy atom. The Labute approximate surface area is 144 Å². The van der Waals surface area contributed by atoms with E-state index >= 15 is 0 Å². The first-order chi connectivity index (χ1) is 11.8. The van der Waals surface area contributed by atoms with Crippen molar-refractivity contribution in [2.24, 2.45) is 5.92 Å². The number of hydrogen-bond acceptors (Lipinski definition) is 7. The number of hydrazine groups is 1. The standard InChI is InChI=1S/C16H19N5O2S/c1-23-14-5-3-2-4-10(14)15-11-8-21(7-6-12(11)17-19-15)16(22)13-9-24-20-18-13/h2-5,9,11-12,15,17,19H,6-8H2,1H3. The Hall–Kier alpha value is -2.03. The highest BCUT2D eigenvalue weighted by Gasteiger charge is 2.42. The van der Waals surface area contributed by atoms with E-state index in [0.717, 1.165) is 24.3 Å². The maximum absolute atomic E-state index is 12.6. The van der Waals surface area contributed by atoms with Gasteiger partial charge in [0.1, 0.15) is 5.75 Å². The van der Waals surface area contributed by atoms with E-state index in [1.807, 2.05) is 23.1 Å². The fourth-order valence-corrected chi connectivity index (χ4v) is 4.07. The van der Waals surface area contributed by atoms with Crippen molar-refractivity contribution in [1.82, 2.24) is 25.3 Å². The van der Waals surface area contributed by atoms with Gasteiger partial charge in [-0.3, -0.25) is 10.2 Å². The number of ether oxygens (including phenoxy) is 1. The number of para-hydroxylation sites is 1. The van der Waals surface area contributed by atoms with E-state index in [0.29, 0.717) is 18.3 Å². The zero-order chi connectivity index (χ0) is 16.5. The Bertz CT molecular complexity index is 723. The van der Waals surface area contributed by atoms with Crippen LogP contribution in [0.4, 0.5) is 0 Å². The van der Waals surface area contributed by atoms with Crippen molar-refractivity contribution in [1.29, 1.82) is 0 Å². The van der Waals surface area contributed by atoms with Crippen LogP contribution in [0.2, 0.25) is 0 Å². The maximum atomic E-state index is 12.6. The maximum Gasteiger partial charge on any atom is 0.275 e. The van der Waals surface area contributed by atoms with Gasteiger partial charge in [-0.05, 0) is 24.0 Å². The molecule has 2 aromatic rings. The lowest BCUT2D eigenvalue weighted by atomic mass is 9.84. The predicted octanol–water partition coefficient (Wildman–Crippen LogP) is 1.23. The van der Waals surface area contributed by atoms with Gasteiger partial charge in [0.2, 0.25) is 0 Å². The molecular weight excluding hydrogens is 326 g/mol. The monoisotopic (exact) mass is 345 g/mol. The fourth-order valence-electron chi connectivity index (χ4n) is 3.64. The third-order valence-electron chi connectivity index (χ3n) is 4.85. The summed E-state index contributed by atoms with van der Waals surface area (Å²) in [4.78, 5) is 14.5. The summed E-state index contributed by atoms with van der Waals surface area (Å²) in [5.74, 6) is 1.11. The number of likely N-dealkylation sites (tertiary alicyclic amines) is 1. The van der Waals surface area contributed by atoms with E-state index in [2.05, 4.69) is 26.5 Å². The number of carbonyl (C=O) groups is 1. The van der Waals surface area contributed by atoms with Crippen molar-refractivity contribution in [3.8, 4) is 5.75 Å². The molecule has 0 spiro atoms. The third-order valence-corrected chi connectivity index (χ3v) is 5.36. The van der Waals surface area contributed by atoms with Crippen LogP contribution >= 0.6 is 11.5 Å². The van der Waals surface area contributed by atoms with Gasteiger partial charge in [0.05, 0.1) is 13.2 Å². The van der Waals surface area contributed by atoms with Crippen molar-refractivity contribution >= 4 is 17.4 Å². The highest BCUT2D eigenvalue weighted by molar-refractivity contribution is 7.03. The molecule has 2 saturated heterocycles. The molecule has 2 aliphatic heterocycles. The molecule has 0 radical (unpaired) electrons. The van der Waals surface area contributed by atoms with Crippen LogP contribution in [0.3, 0.4) is 0 Å². The average molecular weight is 345 g/mol. The summed E-state index contributed by atoms with van der Waals surface area (Å²) in [5.41, 5.74) is 8.32. The van der Waals surface area contributed by atoms with Crippen LogP contribution in [0, 0.1) is 5.92 Å². The van der Waals surface area contributed by atoms with E-state index in [1.54, 1.807) is 12.5 Å². The van der Waals surface area contributed by atoms with Gasteiger partial charge in [-0.2, -0.15) is 0 Å². The van der Waals surface area contributed by atoms with Crippen molar-refractivity contribution in [2.75, 3.05) is 20.2 Å². The minimum absolute atomic E-state index is 0.0344. The number of nitrogens with one attached hydrogen (secondary N) is 2. The summed E-state index contributed by atoms with van der Waals surface area (Å²) in [6.07, 6.45) is 0.909. The lowest BCUT2D eigenvalue weighted by Crippen LogP contribution is -2.47. The predicted molar refractivity (Wildman–Crippen MR) is 89.7 cm³/mol. The summed E-state index contributed by atoms with van der Waals surface area (Å²) in [6, 6.07) is 8.48. The molecule has 0 saturated carbocycles. The number of nitrogens with zero attached hydrogens (tertiary/aromatic N) is 3. The van der Waals surface area contributed by atoms with E-state index in [-0.39, 0.29) is 17.9 Å². The van der Waals surface area contributed by atoms with Crippen LogP contribution in [-0.4, -0.2) is 46.6 Å². The number of hydrogen-bond donors (Lipinski definition) is 2. The Kier molecular flexibility index (Phi) is 4.17. The van der Waals surface area contributed by atoms with Crippen molar-refractivity contribution in [3.63, 3.8) is 0 Å². The minimum Gasteiger partial charge on any atom is -0.496 e. The summed E-state index contributed by atoms with van der Waals surface area (Å²) in [5, 5.41) is 5.61. The zero-order valence-corrected chi connectivity index (χ0v) is 14.1. The summed E-state index contributed by atoms with van der Waals surface area (Å²) >= 11 is 1.20. The van der Waals surface area contributed by atoms with Crippen molar-refractivity contribution in [2.45, 2.75) is 18.5 Å². The molecule has 3 unspecified atom stereocenters. The van der Waals surface area contributed by atoms with Crippen LogP contribution in [-0.2, 0) is 0 Å². The summed E-state index contributed by atoms with van der Waals surface area (Å²) < 4.78 is 9.30. The lowest BCUT2D eigenvalue weighted by Gasteiger charge is -2.36. The number of methoxy groups -OCH3 is 1. The quantitative estimate of drug-likeness (QED) is 0.871. The first kappa shape index (κ1) is 15.5. The van der Waals surface area contributed by atoms with Gasteiger partial charge in [0.15, 0.2) is 5.69 Å². The molecule has 3 heterocycles. The van der Waals surface area contributed by atoms with E-state index in [9.17, 15) is 4.79 Å². The van der Waals surface area contributed by atoms with Gasteiger partial charge >= 0.3 is 0 Å². The SMILES string of the molecule is COc1ccccc1C1NNC2CCN(C(=O)c3csnn3)CC21. The van der Waals surface area contributed by atoms with Crippen molar-refractivity contribution in [3.05, 3.63) is 40.9 Å². The van der Waals surface area contributed by atoms with Gasteiger partial charge in [-0.15, -0.1) is 5.10 Å². The highest BCUT2D eigenvalue weighted by Crippen LogP contribution is 2.37. The molecule has 1 aromatic heterocycles. The highest BCUT2D eigenvalue weighted by atomic mass is 32.1. The molecule has 1 amide bonds. The first-order valence-corrected chi connectivity index (χ1v) is 8.82. The van der Waals surface area contributed by atoms with Gasteiger partial charge < -0.3 is 9.64 Å². The van der Waals surface area contributed by atoms with Crippen molar-refractivity contribution < 1.29 is 9.53 Å². The lowest BCUT2D eigenvalue weighted by molar-refractivity contribution is 0.0646. The van der Waals surface area contributed by atoms with Gasteiger partial charge in [0.25, 0.3) is 5.91 Å². The molecule has 4 rings (SSSR count). The fraction of sp³-hybridized carbons (Fsp3) is 0.438. The third kappa shape index (κ3) is 2.66. The number of carbonyl (C=O) groups excluding carboxylic acids is 1. The minimum atomic E-state index is -0.0344. The van der Waals surface area contributed by atoms with E-state index in [4.69, 9.17) is 4.74 Å². The summed E-state index contributed by atoms with van der Waals surface area (Å²) in [7, 11) is 1.69. The van der Waals surface area contributed by atoms with Crippen LogP contribution in [0.1, 0.15) is 28.5 Å². The van der Waals surface area contributed by atoms with Crippen LogP contribution < -0.4 is 15.6 Å². The summed E-state index contributed by atoms with van der Waals surface area (Å²) in [6.45, 7) is 1.41. The van der Waals surface area contributed by atoms with Crippen LogP contribution in [0.25, 0.3) is 0 Å². The molecule has 1 aromatic carbocycles. The molecule has 24 heavy (non-hydrogen) atoms. The molecule has 2 aliphatic rings. The molecule has 7 nitrogen and oxygen atoms in total. The molecule has 126 valence electrons. The van der Waals surface area contributed by atoms with Crippen LogP contribution in [0.15, 0.2) is 29.6 Å². The number of aromatic nitrogens is 2. The van der Waals surface area contributed by atoms with E-state index in [1.165, 1.54) is 11.5 Å². The normalized spacial score (nSPS) is 26.2. The molecule has 8 heteroatoms. The largest absolute Gasteiger partial charge is 0.496 e. The molecule has 3 atom stereocenters. The Morgan fingerprint density at radius 1 is 1.38 bits per heavy atom. The topological polar surface area (TPSA) is 79.4 Å². The average Bonchev–Trinajstić information content (AvgIpc) is 3.30. The zero-order valence-electron chi connectivity index (χ0n) is 13.3. The Morgan fingerprint density at radius 2 is 2.25 bits per heavy atom. The first-order valence-electron chi connectivity index (χ1n) is 7.98. The second kappa shape index (κ2) is 6.46. The van der Waals surface area contributed by atoms with Gasteiger partial charge in [-0.1, -0.05) is 22.7 Å². The second-order valence-electron chi connectivity index (χ2n) is 6.11. The number of piperidine rings is 1. The van der Waals surface area contributed by atoms with Crippen LogP contribution in [0.5, 0.6) is 5.75 Å². The molecule has 0 aliphatic carbocycles. The molecule has 2 N–H and O–H groups in total. The van der Waals surface area contributed by atoms with Gasteiger partial charge in [-0.25, -0.2) is 5.43 Å².